The van der Waals surface area contributed by atoms with Crippen LogP contribution in [0.4, 0.5) is 0 Å². The highest BCUT2D eigenvalue weighted by molar-refractivity contribution is 5.21. The first kappa shape index (κ1) is 14.3. The van der Waals surface area contributed by atoms with E-state index in [2.05, 4.69) is 23.3 Å². The van der Waals surface area contributed by atoms with Crippen LogP contribution in [-0.4, -0.2) is 18.6 Å². The maximum absolute atomic E-state index is 5.86. The van der Waals surface area contributed by atoms with Crippen molar-refractivity contribution in [2.75, 3.05) is 13.7 Å². The Morgan fingerprint density at radius 1 is 1.32 bits per heavy atom. The Labute approximate surface area is 116 Å². The number of rotatable bonds is 6. The standard InChI is InChI=1S/C16H26N2O/c1-3-15(17-2)16-10-9-14(11-18-16)19-12-13-7-5-4-6-8-13/h9-11,13,15,17H,3-8,12H2,1-2H3. The van der Waals surface area contributed by atoms with Gasteiger partial charge in [-0.05, 0) is 44.4 Å². The molecular weight excluding hydrogens is 236 g/mol. The zero-order valence-electron chi connectivity index (χ0n) is 12.2. The van der Waals surface area contributed by atoms with Crippen LogP contribution >= 0.6 is 0 Å². The van der Waals surface area contributed by atoms with E-state index in [0.29, 0.717) is 6.04 Å². The maximum Gasteiger partial charge on any atom is 0.137 e. The lowest BCUT2D eigenvalue weighted by Gasteiger charge is -2.21. The van der Waals surface area contributed by atoms with E-state index < -0.39 is 0 Å². The van der Waals surface area contributed by atoms with Gasteiger partial charge in [-0.2, -0.15) is 0 Å². The van der Waals surface area contributed by atoms with Crippen LogP contribution in [0, 0.1) is 5.92 Å². The molecule has 3 nitrogen and oxygen atoms in total. The van der Waals surface area contributed by atoms with E-state index in [-0.39, 0.29) is 0 Å². The molecule has 1 saturated carbocycles. The molecule has 0 spiro atoms. The molecule has 1 atom stereocenters. The maximum atomic E-state index is 5.86. The number of hydrogen-bond acceptors (Lipinski definition) is 3. The van der Waals surface area contributed by atoms with Crippen molar-refractivity contribution in [3.63, 3.8) is 0 Å². The minimum atomic E-state index is 0.340. The minimum Gasteiger partial charge on any atom is -0.492 e. The number of hydrogen-bond donors (Lipinski definition) is 1. The number of nitrogens with zero attached hydrogens (tertiary/aromatic N) is 1. The third-order valence-corrected chi connectivity index (χ3v) is 4.08. The fourth-order valence-corrected chi connectivity index (χ4v) is 2.81. The van der Waals surface area contributed by atoms with Crippen molar-refractivity contribution in [2.45, 2.75) is 51.5 Å². The summed E-state index contributed by atoms with van der Waals surface area (Å²) in [5, 5.41) is 3.27. The van der Waals surface area contributed by atoms with Crippen LogP contribution in [0.2, 0.25) is 0 Å². The predicted molar refractivity (Wildman–Crippen MR) is 78.4 cm³/mol. The van der Waals surface area contributed by atoms with Gasteiger partial charge in [0.25, 0.3) is 0 Å². The van der Waals surface area contributed by atoms with Crippen LogP contribution in [0.15, 0.2) is 18.3 Å². The fourth-order valence-electron chi connectivity index (χ4n) is 2.81. The van der Waals surface area contributed by atoms with E-state index in [4.69, 9.17) is 4.74 Å². The summed E-state index contributed by atoms with van der Waals surface area (Å²) >= 11 is 0. The molecule has 1 aliphatic carbocycles. The SMILES string of the molecule is CCC(NC)c1ccc(OCC2CCCCC2)cn1. The molecule has 0 saturated heterocycles. The molecule has 19 heavy (non-hydrogen) atoms. The third kappa shape index (κ3) is 4.20. The molecule has 0 radical (unpaired) electrons. The van der Waals surface area contributed by atoms with Gasteiger partial charge >= 0.3 is 0 Å². The summed E-state index contributed by atoms with van der Waals surface area (Å²) in [4.78, 5) is 4.50. The molecule has 1 aromatic heterocycles. The van der Waals surface area contributed by atoms with Gasteiger partial charge in [0.1, 0.15) is 5.75 Å². The summed E-state index contributed by atoms with van der Waals surface area (Å²) in [7, 11) is 1.98. The normalized spacial score (nSPS) is 18.2. The Balaban J connectivity index is 1.84. The zero-order valence-corrected chi connectivity index (χ0v) is 12.2. The molecule has 1 unspecified atom stereocenters. The average molecular weight is 262 g/mol. The first-order valence-electron chi connectivity index (χ1n) is 7.59. The van der Waals surface area contributed by atoms with Crippen LogP contribution in [0.1, 0.15) is 57.2 Å². The lowest BCUT2D eigenvalue weighted by Crippen LogP contribution is -2.17. The Morgan fingerprint density at radius 2 is 2.11 bits per heavy atom. The van der Waals surface area contributed by atoms with Gasteiger partial charge in [-0.15, -0.1) is 0 Å². The topological polar surface area (TPSA) is 34.1 Å². The molecule has 0 amide bonds. The molecule has 1 aliphatic rings. The highest BCUT2D eigenvalue weighted by atomic mass is 16.5. The van der Waals surface area contributed by atoms with Crippen molar-refractivity contribution in [1.29, 1.82) is 0 Å². The van der Waals surface area contributed by atoms with E-state index in [1.807, 2.05) is 19.3 Å². The highest BCUT2D eigenvalue weighted by Crippen LogP contribution is 2.24. The lowest BCUT2D eigenvalue weighted by atomic mass is 9.90. The molecule has 2 rings (SSSR count). The molecule has 1 heterocycles. The van der Waals surface area contributed by atoms with Gasteiger partial charge in [0.15, 0.2) is 0 Å². The molecule has 3 heteroatoms. The molecule has 0 aromatic carbocycles. The number of aromatic nitrogens is 1. The van der Waals surface area contributed by atoms with E-state index >= 15 is 0 Å². The Bertz CT molecular complexity index is 354. The molecule has 1 aromatic rings. The average Bonchev–Trinajstić information content (AvgIpc) is 2.49. The molecule has 1 fully saturated rings. The van der Waals surface area contributed by atoms with E-state index in [9.17, 15) is 0 Å². The van der Waals surface area contributed by atoms with Crippen molar-refractivity contribution in [2.24, 2.45) is 5.92 Å². The molecule has 0 bridgehead atoms. The van der Waals surface area contributed by atoms with Gasteiger partial charge in [0.2, 0.25) is 0 Å². The smallest absolute Gasteiger partial charge is 0.137 e. The second-order valence-electron chi connectivity index (χ2n) is 5.48. The molecule has 106 valence electrons. The van der Waals surface area contributed by atoms with Crippen molar-refractivity contribution >= 4 is 0 Å². The monoisotopic (exact) mass is 262 g/mol. The van der Waals surface area contributed by atoms with Crippen molar-refractivity contribution < 1.29 is 4.74 Å². The summed E-state index contributed by atoms with van der Waals surface area (Å²) in [6.45, 7) is 3.01. The first-order valence-corrected chi connectivity index (χ1v) is 7.59. The van der Waals surface area contributed by atoms with Gasteiger partial charge in [0.05, 0.1) is 18.5 Å². The lowest BCUT2D eigenvalue weighted by molar-refractivity contribution is 0.208. The van der Waals surface area contributed by atoms with Gasteiger partial charge in [-0.25, -0.2) is 0 Å². The summed E-state index contributed by atoms with van der Waals surface area (Å²) in [6.07, 6.45) is 9.68. The first-order chi connectivity index (χ1) is 9.33. The van der Waals surface area contributed by atoms with E-state index in [1.165, 1.54) is 32.1 Å². The fraction of sp³-hybridized carbons (Fsp3) is 0.688. The van der Waals surface area contributed by atoms with Crippen LogP contribution in [-0.2, 0) is 0 Å². The highest BCUT2D eigenvalue weighted by Gasteiger charge is 2.14. The van der Waals surface area contributed by atoms with E-state index in [1.54, 1.807) is 0 Å². The summed E-state index contributed by atoms with van der Waals surface area (Å²) in [5.74, 6) is 1.65. The Morgan fingerprint density at radius 3 is 2.68 bits per heavy atom. The predicted octanol–water partition coefficient (Wildman–Crippen LogP) is 3.71. The summed E-state index contributed by atoms with van der Waals surface area (Å²) in [5.41, 5.74) is 1.09. The van der Waals surface area contributed by atoms with Crippen molar-refractivity contribution in [3.8, 4) is 5.75 Å². The van der Waals surface area contributed by atoms with Crippen LogP contribution in [0.25, 0.3) is 0 Å². The van der Waals surface area contributed by atoms with Gasteiger partial charge in [-0.1, -0.05) is 26.2 Å². The third-order valence-electron chi connectivity index (χ3n) is 4.08. The second-order valence-corrected chi connectivity index (χ2v) is 5.48. The molecular formula is C16H26N2O. The summed E-state index contributed by atoms with van der Waals surface area (Å²) < 4.78 is 5.86. The number of pyridine rings is 1. The van der Waals surface area contributed by atoms with Gasteiger partial charge < -0.3 is 10.1 Å². The Hall–Kier alpha value is -1.09. The second kappa shape index (κ2) is 7.49. The minimum absolute atomic E-state index is 0.340. The molecule has 1 N–H and O–H groups in total. The van der Waals surface area contributed by atoms with Crippen LogP contribution < -0.4 is 10.1 Å². The van der Waals surface area contributed by atoms with Crippen LogP contribution in [0.3, 0.4) is 0 Å². The zero-order chi connectivity index (χ0) is 13.5. The number of ether oxygens (including phenoxy) is 1. The van der Waals surface area contributed by atoms with Gasteiger partial charge in [0, 0.05) is 6.04 Å². The number of nitrogens with one attached hydrogen (secondary N) is 1. The van der Waals surface area contributed by atoms with Gasteiger partial charge in [-0.3, -0.25) is 4.98 Å². The largest absolute Gasteiger partial charge is 0.492 e. The molecule has 0 aliphatic heterocycles. The van der Waals surface area contributed by atoms with Crippen molar-refractivity contribution in [1.82, 2.24) is 10.3 Å². The quantitative estimate of drug-likeness (QED) is 0.848. The van der Waals surface area contributed by atoms with E-state index in [0.717, 1.165) is 30.4 Å². The summed E-state index contributed by atoms with van der Waals surface area (Å²) in [6, 6.07) is 4.46. The van der Waals surface area contributed by atoms with Crippen LogP contribution in [0.5, 0.6) is 5.75 Å². The van der Waals surface area contributed by atoms with Crippen molar-refractivity contribution in [3.05, 3.63) is 24.0 Å². The Kier molecular flexibility index (Phi) is 5.64.